The zero-order valence-corrected chi connectivity index (χ0v) is 12.8. The molecular weight excluding hydrogens is 286 g/mol. The van der Waals surface area contributed by atoms with E-state index < -0.39 is 0 Å². The van der Waals surface area contributed by atoms with Gasteiger partial charge in [0.05, 0.1) is 0 Å². The number of amides is 1. The van der Waals surface area contributed by atoms with Crippen molar-refractivity contribution in [3.05, 3.63) is 47.2 Å². The maximum absolute atomic E-state index is 12.4. The molecular formula is C17H18ClNO2. The van der Waals surface area contributed by atoms with E-state index in [9.17, 15) is 4.79 Å². The quantitative estimate of drug-likeness (QED) is 0.820. The fourth-order valence-corrected chi connectivity index (χ4v) is 2.72. The van der Waals surface area contributed by atoms with Crippen LogP contribution in [0.3, 0.4) is 0 Å². The van der Waals surface area contributed by atoms with Crippen LogP contribution in [0.5, 0.6) is 0 Å². The fourth-order valence-electron chi connectivity index (χ4n) is 2.59. The van der Waals surface area contributed by atoms with Crippen LogP contribution in [0.4, 0.5) is 0 Å². The minimum Gasteiger partial charge on any atom is -0.451 e. The zero-order valence-electron chi connectivity index (χ0n) is 12.0. The Labute approximate surface area is 129 Å². The van der Waals surface area contributed by atoms with E-state index in [2.05, 4.69) is 6.92 Å². The van der Waals surface area contributed by atoms with E-state index in [0.29, 0.717) is 22.5 Å². The number of rotatable bonds is 2. The smallest absolute Gasteiger partial charge is 0.289 e. The number of nitrogens with zero attached hydrogens (tertiary/aromatic N) is 1. The first kappa shape index (κ1) is 14.2. The third-order valence-corrected chi connectivity index (χ3v) is 4.27. The monoisotopic (exact) mass is 303 g/mol. The molecule has 1 aliphatic rings. The number of likely N-dealkylation sites (tertiary alicyclic amines) is 1. The van der Waals surface area contributed by atoms with E-state index in [4.69, 9.17) is 16.0 Å². The number of piperidine rings is 1. The summed E-state index contributed by atoms with van der Waals surface area (Å²) in [5.41, 5.74) is 0.922. The van der Waals surface area contributed by atoms with Gasteiger partial charge in [0.15, 0.2) is 5.76 Å². The minimum absolute atomic E-state index is 0.0119. The summed E-state index contributed by atoms with van der Waals surface area (Å²) in [4.78, 5) is 14.3. The lowest BCUT2D eigenvalue weighted by atomic mass is 9.99. The second-order valence-electron chi connectivity index (χ2n) is 5.65. The molecule has 0 atom stereocenters. The van der Waals surface area contributed by atoms with E-state index in [1.807, 2.05) is 35.2 Å². The molecule has 0 bridgehead atoms. The lowest BCUT2D eigenvalue weighted by Gasteiger charge is -2.29. The number of hydrogen-bond donors (Lipinski definition) is 0. The molecule has 1 aromatic carbocycles. The Balaban J connectivity index is 1.75. The van der Waals surface area contributed by atoms with Crippen LogP contribution in [0.1, 0.15) is 30.3 Å². The van der Waals surface area contributed by atoms with Crippen LogP contribution in [0.15, 0.2) is 40.8 Å². The van der Waals surface area contributed by atoms with Gasteiger partial charge in [-0.05, 0) is 55.2 Å². The average Bonchev–Trinajstić information content (AvgIpc) is 2.98. The van der Waals surface area contributed by atoms with Crippen LogP contribution < -0.4 is 0 Å². The van der Waals surface area contributed by atoms with Crippen molar-refractivity contribution in [3.8, 4) is 11.3 Å². The van der Waals surface area contributed by atoms with Crippen LogP contribution in [0.25, 0.3) is 11.3 Å². The molecule has 2 heterocycles. The van der Waals surface area contributed by atoms with Crippen molar-refractivity contribution in [2.45, 2.75) is 19.8 Å². The molecule has 1 saturated heterocycles. The van der Waals surface area contributed by atoms with E-state index in [1.165, 1.54) is 0 Å². The molecule has 2 aromatic rings. The fraction of sp³-hybridized carbons (Fsp3) is 0.353. The van der Waals surface area contributed by atoms with Gasteiger partial charge in [0.25, 0.3) is 5.91 Å². The van der Waals surface area contributed by atoms with Crippen LogP contribution >= 0.6 is 11.6 Å². The molecule has 1 fully saturated rings. The van der Waals surface area contributed by atoms with Crippen LogP contribution in [-0.2, 0) is 0 Å². The van der Waals surface area contributed by atoms with Crippen molar-refractivity contribution in [1.82, 2.24) is 4.90 Å². The molecule has 0 aliphatic carbocycles. The second-order valence-corrected chi connectivity index (χ2v) is 6.08. The molecule has 3 nitrogen and oxygen atoms in total. The normalized spacial score (nSPS) is 16.2. The van der Waals surface area contributed by atoms with Crippen molar-refractivity contribution in [2.24, 2.45) is 5.92 Å². The Morgan fingerprint density at radius 2 is 1.81 bits per heavy atom. The minimum atomic E-state index is -0.0119. The molecule has 0 radical (unpaired) electrons. The molecule has 21 heavy (non-hydrogen) atoms. The number of carbonyl (C=O) groups is 1. The van der Waals surface area contributed by atoms with Gasteiger partial charge in [-0.3, -0.25) is 4.79 Å². The summed E-state index contributed by atoms with van der Waals surface area (Å²) in [5.74, 6) is 1.80. The third kappa shape index (κ3) is 3.13. The number of hydrogen-bond acceptors (Lipinski definition) is 2. The summed E-state index contributed by atoms with van der Waals surface area (Å²) < 4.78 is 5.72. The van der Waals surface area contributed by atoms with E-state index in [1.54, 1.807) is 6.07 Å². The highest BCUT2D eigenvalue weighted by molar-refractivity contribution is 6.30. The first-order valence-electron chi connectivity index (χ1n) is 7.28. The largest absolute Gasteiger partial charge is 0.451 e. The van der Waals surface area contributed by atoms with Crippen LogP contribution in [0.2, 0.25) is 5.02 Å². The molecule has 1 aromatic heterocycles. The van der Waals surface area contributed by atoms with Gasteiger partial charge in [0.1, 0.15) is 5.76 Å². The molecule has 1 amide bonds. The lowest BCUT2D eigenvalue weighted by molar-refractivity contribution is 0.0666. The standard InChI is InChI=1S/C17H18ClNO2/c1-12-8-10-19(11-9-12)17(20)16-7-6-15(21-16)13-2-4-14(18)5-3-13/h2-7,12H,8-11H2,1H3. The number of carbonyl (C=O) groups excluding carboxylic acids is 1. The Bertz CT molecular complexity index is 624. The molecule has 1 aliphatic heterocycles. The van der Waals surface area contributed by atoms with E-state index in [0.717, 1.165) is 31.5 Å². The predicted molar refractivity (Wildman–Crippen MR) is 83.5 cm³/mol. The molecule has 110 valence electrons. The van der Waals surface area contributed by atoms with Crippen LogP contribution in [-0.4, -0.2) is 23.9 Å². The SMILES string of the molecule is CC1CCN(C(=O)c2ccc(-c3ccc(Cl)cc3)o2)CC1. The van der Waals surface area contributed by atoms with E-state index in [-0.39, 0.29) is 5.91 Å². The summed E-state index contributed by atoms with van der Waals surface area (Å²) in [6.07, 6.45) is 2.13. The van der Waals surface area contributed by atoms with Crippen molar-refractivity contribution < 1.29 is 9.21 Å². The van der Waals surface area contributed by atoms with Gasteiger partial charge in [-0.1, -0.05) is 18.5 Å². The number of halogens is 1. The molecule has 3 rings (SSSR count). The maximum atomic E-state index is 12.4. The molecule has 0 spiro atoms. The maximum Gasteiger partial charge on any atom is 0.289 e. The van der Waals surface area contributed by atoms with Gasteiger partial charge >= 0.3 is 0 Å². The molecule has 0 N–H and O–H groups in total. The van der Waals surface area contributed by atoms with Gasteiger partial charge in [-0.25, -0.2) is 0 Å². The Morgan fingerprint density at radius 3 is 2.48 bits per heavy atom. The number of benzene rings is 1. The molecule has 0 unspecified atom stereocenters. The summed E-state index contributed by atoms with van der Waals surface area (Å²) in [7, 11) is 0. The predicted octanol–water partition coefficient (Wildman–Crippen LogP) is 4.47. The Morgan fingerprint density at radius 1 is 1.14 bits per heavy atom. The highest BCUT2D eigenvalue weighted by Crippen LogP contribution is 2.25. The van der Waals surface area contributed by atoms with Gasteiger partial charge in [0.2, 0.25) is 0 Å². The zero-order chi connectivity index (χ0) is 14.8. The first-order valence-corrected chi connectivity index (χ1v) is 7.66. The molecule has 4 heteroatoms. The average molecular weight is 304 g/mol. The Hall–Kier alpha value is -1.74. The van der Waals surface area contributed by atoms with Gasteiger partial charge < -0.3 is 9.32 Å². The summed E-state index contributed by atoms with van der Waals surface area (Å²) >= 11 is 5.88. The van der Waals surface area contributed by atoms with Gasteiger partial charge in [0, 0.05) is 23.7 Å². The van der Waals surface area contributed by atoms with Gasteiger partial charge in [-0.15, -0.1) is 0 Å². The van der Waals surface area contributed by atoms with Gasteiger partial charge in [-0.2, -0.15) is 0 Å². The van der Waals surface area contributed by atoms with E-state index >= 15 is 0 Å². The lowest BCUT2D eigenvalue weighted by Crippen LogP contribution is -2.37. The summed E-state index contributed by atoms with van der Waals surface area (Å²) in [6.45, 7) is 3.86. The Kier molecular flexibility index (Phi) is 4.02. The summed E-state index contributed by atoms with van der Waals surface area (Å²) in [5, 5.41) is 0.684. The highest BCUT2D eigenvalue weighted by Gasteiger charge is 2.23. The van der Waals surface area contributed by atoms with Crippen molar-refractivity contribution in [2.75, 3.05) is 13.1 Å². The number of furan rings is 1. The summed E-state index contributed by atoms with van der Waals surface area (Å²) in [6, 6.07) is 11.0. The van der Waals surface area contributed by atoms with Crippen molar-refractivity contribution in [3.63, 3.8) is 0 Å². The highest BCUT2D eigenvalue weighted by atomic mass is 35.5. The third-order valence-electron chi connectivity index (χ3n) is 4.02. The second kappa shape index (κ2) is 5.94. The van der Waals surface area contributed by atoms with Crippen molar-refractivity contribution >= 4 is 17.5 Å². The topological polar surface area (TPSA) is 33.5 Å². The van der Waals surface area contributed by atoms with Crippen LogP contribution in [0, 0.1) is 5.92 Å². The molecule has 0 saturated carbocycles. The first-order chi connectivity index (χ1) is 10.1. The van der Waals surface area contributed by atoms with Crippen molar-refractivity contribution in [1.29, 1.82) is 0 Å².